The van der Waals surface area contributed by atoms with E-state index in [2.05, 4.69) is 25.7 Å². The van der Waals surface area contributed by atoms with Gasteiger partial charge in [-0.05, 0) is 29.8 Å². The summed E-state index contributed by atoms with van der Waals surface area (Å²) in [5, 5.41) is 14.5. The lowest BCUT2D eigenvalue weighted by Crippen LogP contribution is -2.52. The minimum Gasteiger partial charge on any atom is -0.355 e. The van der Waals surface area contributed by atoms with Crippen molar-refractivity contribution in [3.8, 4) is 0 Å². The van der Waals surface area contributed by atoms with Crippen LogP contribution in [0.1, 0.15) is 24.4 Å². The molecule has 1 N–H and O–H groups in total. The Labute approximate surface area is 158 Å². The Kier molecular flexibility index (Phi) is 6.12. The van der Waals surface area contributed by atoms with Gasteiger partial charge in [0.15, 0.2) is 6.04 Å². The highest BCUT2D eigenvalue weighted by Gasteiger charge is 2.32. The third-order valence-electron chi connectivity index (χ3n) is 4.68. The van der Waals surface area contributed by atoms with E-state index in [1.165, 1.54) is 0 Å². The fraction of sp³-hybridized carbons (Fsp3) is 0.500. The minimum atomic E-state index is -0.587. The number of hydrogen-bond acceptors (Lipinski definition) is 6. The molecular formula is C18H25N7O2. The van der Waals surface area contributed by atoms with E-state index in [1.54, 1.807) is 11.6 Å². The van der Waals surface area contributed by atoms with Crippen LogP contribution in [0.3, 0.4) is 0 Å². The molecule has 0 bridgehead atoms. The van der Waals surface area contributed by atoms with Gasteiger partial charge in [-0.2, -0.15) is 0 Å². The van der Waals surface area contributed by atoms with E-state index in [1.807, 2.05) is 42.2 Å². The van der Waals surface area contributed by atoms with E-state index in [-0.39, 0.29) is 11.8 Å². The molecule has 0 unspecified atom stereocenters. The molecule has 0 saturated carbocycles. The van der Waals surface area contributed by atoms with Crippen LogP contribution in [0.25, 0.3) is 0 Å². The average Bonchev–Trinajstić information content (AvgIpc) is 3.09. The number of aryl methyl sites for hydroxylation is 1. The van der Waals surface area contributed by atoms with Gasteiger partial charge in [-0.1, -0.05) is 30.3 Å². The SMILES string of the molecule is CCNC(=O)CN1CCN(C(=O)[C@H](c2ccccc2)n2nnnc2C)CC1. The van der Waals surface area contributed by atoms with Crippen molar-refractivity contribution in [3.63, 3.8) is 0 Å². The van der Waals surface area contributed by atoms with Gasteiger partial charge in [-0.3, -0.25) is 14.5 Å². The zero-order chi connectivity index (χ0) is 19.2. The number of benzene rings is 1. The van der Waals surface area contributed by atoms with Crippen LogP contribution < -0.4 is 5.32 Å². The van der Waals surface area contributed by atoms with Crippen molar-refractivity contribution >= 4 is 11.8 Å². The van der Waals surface area contributed by atoms with Gasteiger partial charge in [-0.25, -0.2) is 4.68 Å². The number of carbonyl (C=O) groups excluding carboxylic acids is 2. The molecule has 9 heteroatoms. The summed E-state index contributed by atoms with van der Waals surface area (Å²) in [6.45, 7) is 7.15. The van der Waals surface area contributed by atoms with Crippen molar-refractivity contribution in [2.45, 2.75) is 19.9 Å². The second-order valence-electron chi connectivity index (χ2n) is 6.54. The summed E-state index contributed by atoms with van der Waals surface area (Å²) in [6.07, 6.45) is 0. The van der Waals surface area contributed by atoms with Crippen LogP contribution in [-0.2, 0) is 9.59 Å². The summed E-state index contributed by atoms with van der Waals surface area (Å²) in [7, 11) is 0. The van der Waals surface area contributed by atoms with E-state index in [0.29, 0.717) is 45.1 Å². The predicted molar refractivity (Wildman–Crippen MR) is 98.8 cm³/mol. The number of amides is 2. The number of piperazine rings is 1. The number of hydrogen-bond donors (Lipinski definition) is 1. The number of aromatic nitrogens is 4. The van der Waals surface area contributed by atoms with Gasteiger partial charge in [0, 0.05) is 32.7 Å². The highest BCUT2D eigenvalue weighted by atomic mass is 16.2. The van der Waals surface area contributed by atoms with Gasteiger partial charge in [0.05, 0.1) is 6.54 Å². The summed E-state index contributed by atoms with van der Waals surface area (Å²) in [5.74, 6) is 0.574. The molecule has 9 nitrogen and oxygen atoms in total. The van der Waals surface area contributed by atoms with Gasteiger partial charge in [0.25, 0.3) is 5.91 Å². The normalized spacial score (nSPS) is 16.1. The molecule has 0 spiro atoms. The Hall–Kier alpha value is -2.81. The Morgan fingerprint density at radius 1 is 1.15 bits per heavy atom. The fourth-order valence-electron chi connectivity index (χ4n) is 3.26. The summed E-state index contributed by atoms with van der Waals surface area (Å²) in [6, 6.07) is 8.96. The highest BCUT2D eigenvalue weighted by molar-refractivity contribution is 5.84. The van der Waals surface area contributed by atoms with Gasteiger partial charge < -0.3 is 10.2 Å². The van der Waals surface area contributed by atoms with E-state index >= 15 is 0 Å². The first-order valence-electron chi connectivity index (χ1n) is 9.17. The Bertz CT molecular complexity index is 769. The molecule has 2 heterocycles. The molecule has 0 radical (unpaired) electrons. The van der Waals surface area contributed by atoms with Crippen LogP contribution in [0.2, 0.25) is 0 Å². The number of tetrazole rings is 1. The minimum absolute atomic E-state index is 0.0174. The second kappa shape index (κ2) is 8.72. The smallest absolute Gasteiger partial charge is 0.252 e. The van der Waals surface area contributed by atoms with E-state index in [0.717, 1.165) is 5.56 Å². The predicted octanol–water partition coefficient (Wildman–Crippen LogP) is -0.149. The molecule has 0 aliphatic carbocycles. The van der Waals surface area contributed by atoms with Crippen molar-refractivity contribution in [1.29, 1.82) is 0 Å². The molecule has 1 aliphatic heterocycles. The molecular weight excluding hydrogens is 346 g/mol. The Balaban J connectivity index is 1.71. The molecule has 1 atom stereocenters. The highest BCUT2D eigenvalue weighted by Crippen LogP contribution is 2.21. The topological polar surface area (TPSA) is 96.2 Å². The molecule has 1 fully saturated rings. The maximum atomic E-state index is 13.3. The maximum Gasteiger partial charge on any atom is 0.252 e. The van der Waals surface area contributed by atoms with Crippen molar-refractivity contribution in [3.05, 3.63) is 41.7 Å². The summed E-state index contributed by atoms with van der Waals surface area (Å²) in [4.78, 5) is 28.9. The van der Waals surface area contributed by atoms with Gasteiger partial charge >= 0.3 is 0 Å². The molecule has 27 heavy (non-hydrogen) atoms. The van der Waals surface area contributed by atoms with Crippen LogP contribution in [-0.4, -0.2) is 81.1 Å². The van der Waals surface area contributed by atoms with Gasteiger partial charge in [0.1, 0.15) is 5.82 Å². The van der Waals surface area contributed by atoms with Gasteiger partial charge in [-0.15, -0.1) is 5.10 Å². The van der Waals surface area contributed by atoms with Crippen molar-refractivity contribution < 1.29 is 9.59 Å². The lowest BCUT2D eigenvalue weighted by molar-refractivity contribution is -0.136. The summed E-state index contributed by atoms with van der Waals surface area (Å²) >= 11 is 0. The third kappa shape index (κ3) is 4.48. The standard InChI is InChI=1S/C18H25N7O2/c1-3-19-16(26)13-23-9-11-24(12-10-23)18(27)17(15-7-5-4-6-8-15)25-14(2)20-21-22-25/h4-8,17H,3,9-13H2,1-2H3,(H,19,26)/t17-/m0/s1. The Morgan fingerprint density at radius 3 is 2.44 bits per heavy atom. The van der Waals surface area contributed by atoms with Crippen LogP contribution in [0.15, 0.2) is 30.3 Å². The molecule has 1 aromatic carbocycles. The van der Waals surface area contributed by atoms with Crippen LogP contribution in [0, 0.1) is 6.92 Å². The van der Waals surface area contributed by atoms with E-state index in [9.17, 15) is 9.59 Å². The molecule has 144 valence electrons. The molecule has 1 aromatic heterocycles. The number of carbonyl (C=O) groups is 2. The third-order valence-corrected chi connectivity index (χ3v) is 4.68. The van der Waals surface area contributed by atoms with Crippen molar-refractivity contribution in [1.82, 2.24) is 35.3 Å². The first-order valence-corrected chi connectivity index (χ1v) is 9.17. The quantitative estimate of drug-likeness (QED) is 0.759. The van der Waals surface area contributed by atoms with Crippen molar-refractivity contribution in [2.75, 3.05) is 39.3 Å². The number of likely N-dealkylation sites (N-methyl/N-ethyl adjacent to an activating group) is 1. The van der Waals surface area contributed by atoms with Gasteiger partial charge in [0.2, 0.25) is 5.91 Å². The lowest BCUT2D eigenvalue weighted by Gasteiger charge is -2.36. The number of nitrogens with one attached hydrogen (secondary N) is 1. The Morgan fingerprint density at radius 2 is 1.85 bits per heavy atom. The van der Waals surface area contributed by atoms with Crippen molar-refractivity contribution in [2.24, 2.45) is 0 Å². The van der Waals surface area contributed by atoms with Crippen LogP contribution in [0.5, 0.6) is 0 Å². The second-order valence-corrected chi connectivity index (χ2v) is 6.54. The van der Waals surface area contributed by atoms with E-state index in [4.69, 9.17) is 0 Å². The largest absolute Gasteiger partial charge is 0.355 e. The van der Waals surface area contributed by atoms with E-state index < -0.39 is 6.04 Å². The van der Waals surface area contributed by atoms with Crippen LogP contribution in [0.4, 0.5) is 0 Å². The zero-order valence-electron chi connectivity index (χ0n) is 15.7. The lowest BCUT2D eigenvalue weighted by atomic mass is 10.1. The number of rotatable bonds is 6. The first kappa shape index (κ1) is 19.0. The molecule has 1 saturated heterocycles. The maximum absolute atomic E-state index is 13.3. The summed E-state index contributed by atoms with van der Waals surface area (Å²) < 4.78 is 1.57. The molecule has 2 amide bonds. The zero-order valence-corrected chi connectivity index (χ0v) is 15.7. The number of nitrogens with zero attached hydrogens (tertiary/aromatic N) is 6. The summed E-state index contributed by atoms with van der Waals surface area (Å²) in [5.41, 5.74) is 0.850. The molecule has 3 rings (SSSR count). The molecule has 1 aliphatic rings. The monoisotopic (exact) mass is 371 g/mol. The first-order chi connectivity index (χ1) is 13.1. The van der Waals surface area contributed by atoms with Crippen LogP contribution >= 0.6 is 0 Å². The average molecular weight is 371 g/mol. The fourth-order valence-corrected chi connectivity index (χ4v) is 3.26. The molecule has 2 aromatic rings.